The molecule has 0 N–H and O–H groups in total. The van der Waals surface area contributed by atoms with E-state index < -0.39 is 93.4 Å². The third kappa shape index (κ3) is 1.93. The summed E-state index contributed by atoms with van der Waals surface area (Å²) in [5.41, 5.74) is -1.34. The summed E-state index contributed by atoms with van der Waals surface area (Å²) in [6, 6.07) is -8.26. The first-order valence-corrected chi connectivity index (χ1v) is 5.27. The van der Waals surface area contributed by atoms with Crippen LogP contribution in [0.4, 0.5) is 13.2 Å². The van der Waals surface area contributed by atoms with Gasteiger partial charge >= 0.3 is 6.18 Å². The second-order valence-electron chi connectivity index (χ2n) is 3.83. The molecule has 3 aromatic carbocycles. The van der Waals surface area contributed by atoms with Crippen molar-refractivity contribution in [3.8, 4) is 0 Å². The highest BCUT2D eigenvalue weighted by atomic mass is 19.4. The van der Waals surface area contributed by atoms with E-state index in [1.165, 1.54) is 0 Å². The molecule has 3 rings (SSSR count). The molecule has 0 fully saturated rings. The fourth-order valence-electron chi connectivity index (χ4n) is 1.81. The van der Waals surface area contributed by atoms with Crippen LogP contribution in [0.1, 0.15) is 22.7 Å². The highest BCUT2D eigenvalue weighted by Crippen LogP contribution is 2.33. The first kappa shape index (κ1) is 5.95. The minimum Gasteiger partial charge on any atom is -0.284 e. The Hall–Kier alpha value is -2.36. The maximum absolute atomic E-state index is 13.3. The number of ketones is 1. The van der Waals surface area contributed by atoms with Gasteiger partial charge < -0.3 is 0 Å². The highest BCUT2D eigenvalue weighted by molar-refractivity contribution is 6.20. The van der Waals surface area contributed by atoms with Crippen molar-refractivity contribution in [2.75, 3.05) is 0 Å². The summed E-state index contributed by atoms with van der Waals surface area (Å²) >= 11 is 0. The summed E-state index contributed by atoms with van der Waals surface area (Å²) in [5, 5.41) is -3.30. The number of Topliss-reactive ketones (excluding diaryl/α,β-unsaturated/α-hetero) is 1. The van der Waals surface area contributed by atoms with Crippen LogP contribution in [0.2, 0.25) is 0 Å². The Bertz CT molecular complexity index is 1170. The van der Waals surface area contributed by atoms with E-state index in [1.807, 2.05) is 0 Å². The van der Waals surface area contributed by atoms with Gasteiger partial charge in [-0.25, -0.2) is 0 Å². The Kier molecular flexibility index (Phi) is 1.29. The number of hydrogen-bond acceptors (Lipinski definition) is 1. The Morgan fingerprint density at radius 3 is 1.80 bits per heavy atom. The number of carbonyl (C=O) groups excluding carboxylic acids is 1. The van der Waals surface area contributed by atoms with Crippen LogP contribution in [0, 0.1) is 0 Å². The quantitative estimate of drug-likeness (QED) is 0.466. The molecule has 0 aromatic heterocycles. The number of halogens is 3. The Labute approximate surface area is 125 Å². The Morgan fingerprint density at radius 2 is 1.35 bits per heavy atom. The lowest BCUT2D eigenvalue weighted by atomic mass is 9.94. The van der Waals surface area contributed by atoms with Crippen LogP contribution in [0.5, 0.6) is 0 Å². The smallest absolute Gasteiger partial charge is 0.284 e. The molecule has 0 aliphatic carbocycles. The van der Waals surface area contributed by atoms with Crippen molar-refractivity contribution in [2.45, 2.75) is 6.18 Å². The summed E-state index contributed by atoms with van der Waals surface area (Å²) in [6.07, 6.45) is -5.50. The molecule has 0 saturated carbocycles. The molecule has 20 heavy (non-hydrogen) atoms. The molecule has 3 aromatic rings. The van der Waals surface area contributed by atoms with Gasteiger partial charge in [-0.05, 0) is 27.6 Å². The minimum absolute atomic E-state index is 0.735. The van der Waals surface area contributed by atoms with Crippen LogP contribution in [0.3, 0.4) is 0 Å². The molecule has 0 heterocycles. The number of benzene rings is 3. The molecule has 4 heteroatoms. The lowest BCUT2D eigenvalue weighted by Crippen LogP contribution is -2.23. The average molecular weight is 283 g/mol. The van der Waals surface area contributed by atoms with Crippen LogP contribution in [0.25, 0.3) is 21.5 Å². The van der Waals surface area contributed by atoms with Gasteiger partial charge in [0.15, 0.2) is 0 Å². The normalized spacial score (nSPS) is 18.2. The zero-order chi connectivity index (χ0) is 22.2. The molecule has 0 radical (unpaired) electrons. The van der Waals surface area contributed by atoms with Crippen molar-refractivity contribution in [3.63, 3.8) is 0 Å². The van der Waals surface area contributed by atoms with E-state index in [-0.39, 0.29) is 0 Å². The third-order valence-corrected chi connectivity index (χ3v) is 2.61. The monoisotopic (exact) mass is 283 g/mol. The second kappa shape index (κ2) is 4.34. The number of fused-ring (bicyclic) bond motifs is 2. The topological polar surface area (TPSA) is 17.1 Å². The SMILES string of the molecule is [2H]c1c([2H])c([2H])c2c(C(=O)C(F)(F)F)c3c([2H])c([2H])c([2H])c([2H])c3c([2H])c2c1[2H]. The van der Waals surface area contributed by atoms with Gasteiger partial charge in [0.05, 0.1) is 12.3 Å². The van der Waals surface area contributed by atoms with E-state index in [9.17, 15) is 18.0 Å². The number of alkyl halides is 3. The van der Waals surface area contributed by atoms with Crippen molar-refractivity contribution in [1.82, 2.24) is 0 Å². The van der Waals surface area contributed by atoms with E-state index in [2.05, 4.69) is 0 Å². The van der Waals surface area contributed by atoms with Crippen LogP contribution >= 0.6 is 0 Å². The summed E-state index contributed by atoms with van der Waals surface area (Å²) < 4.78 is 111. The van der Waals surface area contributed by atoms with Gasteiger partial charge in [0.1, 0.15) is 0 Å². The van der Waals surface area contributed by atoms with E-state index in [1.54, 1.807) is 0 Å². The van der Waals surface area contributed by atoms with Gasteiger partial charge in [-0.1, -0.05) is 48.3 Å². The summed E-state index contributed by atoms with van der Waals surface area (Å²) in [7, 11) is 0. The van der Waals surface area contributed by atoms with Crippen molar-refractivity contribution in [3.05, 3.63) is 59.9 Å². The average Bonchev–Trinajstić information content (AvgIpc) is 2.65. The van der Waals surface area contributed by atoms with Gasteiger partial charge in [-0.2, -0.15) is 13.2 Å². The zero-order valence-electron chi connectivity index (χ0n) is 18.5. The van der Waals surface area contributed by atoms with Gasteiger partial charge in [0.25, 0.3) is 5.78 Å². The standard InChI is InChI=1S/C16H9F3O/c17-16(18,19)15(20)14-12-7-3-1-5-10(12)9-11-6-2-4-8-13(11)14/h1-9H/i1D,2D,3D,4D,5D,6D,7D,8D,9D. The van der Waals surface area contributed by atoms with Crippen LogP contribution in [0.15, 0.2) is 54.4 Å². The molecule has 0 atom stereocenters. The minimum atomic E-state index is -5.50. The van der Waals surface area contributed by atoms with Crippen LogP contribution in [-0.2, 0) is 0 Å². The maximum Gasteiger partial charge on any atom is 0.454 e. The van der Waals surface area contributed by atoms with E-state index in [0.29, 0.717) is 0 Å². The second-order valence-corrected chi connectivity index (χ2v) is 3.83. The summed E-state index contributed by atoms with van der Waals surface area (Å²) in [5.74, 6) is -2.54. The fourth-order valence-corrected chi connectivity index (χ4v) is 1.81. The molecule has 0 aliphatic rings. The van der Waals surface area contributed by atoms with E-state index in [0.717, 1.165) is 0 Å². The molecule has 0 spiro atoms. The van der Waals surface area contributed by atoms with E-state index >= 15 is 0 Å². The lowest BCUT2D eigenvalue weighted by Gasteiger charge is -2.12. The van der Waals surface area contributed by atoms with Gasteiger partial charge in [-0.15, -0.1) is 0 Å². The molecular formula is C16H9F3O. The highest BCUT2D eigenvalue weighted by Gasteiger charge is 2.40. The first-order valence-electron chi connectivity index (χ1n) is 9.77. The first-order chi connectivity index (χ1) is 13.2. The van der Waals surface area contributed by atoms with Gasteiger partial charge in [0.2, 0.25) is 0 Å². The third-order valence-electron chi connectivity index (χ3n) is 2.61. The molecule has 0 bridgehead atoms. The molecule has 0 saturated heterocycles. The number of rotatable bonds is 1. The Morgan fingerprint density at radius 1 is 0.900 bits per heavy atom. The summed E-state index contributed by atoms with van der Waals surface area (Å²) in [6.45, 7) is 0. The number of carbonyl (C=O) groups is 1. The molecular weight excluding hydrogens is 265 g/mol. The van der Waals surface area contributed by atoms with Crippen molar-refractivity contribution in [1.29, 1.82) is 0 Å². The molecule has 100 valence electrons. The van der Waals surface area contributed by atoms with Crippen LogP contribution in [-0.4, -0.2) is 12.0 Å². The molecule has 0 amide bonds. The van der Waals surface area contributed by atoms with Crippen molar-refractivity contribution < 1.29 is 30.3 Å². The predicted octanol–water partition coefficient (Wildman–Crippen LogP) is 4.74. The Balaban J connectivity index is 2.88. The largest absolute Gasteiger partial charge is 0.454 e. The molecule has 1 nitrogen and oxygen atoms in total. The molecule has 0 unspecified atom stereocenters. The predicted molar refractivity (Wildman–Crippen MR) is 71.8 cm³/mol. The number of hydrogen-bond donors (Lipinski definition) is 0. The van der Waals surface area contributed by atoms with Crippen LogP contribution < -0.4 is 0 Å². The summed E-state index contributed by atoms with van der Waals surface area (Å²) in [4.78, 5) is 12.2. The van der Waals surface area contributed by atoms with Gasteiger partial charge in [-0.3, -0.25) is 4.79 Å². The van der Waals surface area contributed by atoms with Gasteiger partial charge in [0, 0.05) is 5.56 Å². The molecule has 0 aliphatic heterocycles. The van der Waals surface area contributed by atoms with Crippen molar-refractivity contribution in [2.24, 2.45) is 0 Å². The zero-order valence-corrected chi connectivity index (χ0v) is 9.54. The lowest BCUT2D eigenvalue weighted by molar-refractivity contribution is -0.0883. The van der Waals surface area contributed by atoms with E-state index in [4.69, 9.17) is 12.3 Å². The fraction of sp³-hybridized carbons (Fsp3) is 0.0625. The van der Waals surface area contributed by atoms with Crippen molar-refractivity contribution >= 4 is 27.3 Å². The maximum atomic E-state index is 13.3.